The summed E-state index contributed by atoms with van der Waals surface area (Å²) in [6.45, 7) is 5.50. The van der Waals surface area contributed by atoms with Crippen LogP contribution in [0, 0.1) is 0 Å². The highest BCUT2D eigenvalue weighted by atomic mass is 16.1. The van der Waals surface area contributed by atoms with Gasteiger partial charge in [-0.15, -0.1) is 0 Å². The highest BCUT2D eigenvalue weighted by Crippen LogP contribution is 2.16. The van der Waals surface area contributed by atoms with Gasteiger partial charge in [-0.3, -0.25) is 9.78 Å². The van der Waals surface area contributed by atoms with E-state index in [1.165, 1.54) is 6.07 Å². The lowest BCUT2D eigenvalue weighted by Crippen LogP contribution is -2.18. The second kappa shape index (κ2) is 6.24. The third-order valence-corrected chi connectivity index (χ3v) is 2.85. The lowest BCUT2D eigenvalue weighted by molar-refractivity contribution is 0.707. The number of hydrogen-bond acceptors (Lipinski definition) is 4. The number of hydrogen-bond donors (Lipinski definition) is 2. The first kappa shape index (κ1) is 13.4. The quantitative estimate of drug-likeness (QED) is 0.852. The first-order chi connectivity index (χ1) is 9.24. The summed E-state index contributed by atoms with van der Waals surface area (Å²) in [7, 11) is 0. The number of aryl methyl sites for hydroxylation is 1. The second-order valence-electron chi connectivity index (χ2n) is 4.23. The van der Waals surface area contributed by atoms with Crippen molar-refractivity contribution < 1.29 is 0 Å². The van der Waals surface area contributed by atoms with Crippen LogP contribution in [0.4, 0.5) is 0 Å². The highest BCUT2D eigenvalue weighted by molar-refractivity contribution is 5.54. The SMILES string of the molecule is CCNCc1cc(=O)[nH]c(-c2ncccc2CC)n1. The van der Waals surface area contributed by atoms with Crippen molar-refractivity contribution in [2.45, 2.75) is 26.8 Å². The molecule has 2 aromatic heterocycles. The van der Waals surface area contributed by atoms with Crippen molar-refractivity contribution in [2.75, 3.05) is 6.54 Å². The molecule has 2 rings (SSSR count). The molecule has 0 aliphatic carbocycles. The molecule has 0 bridgehead atoms. The molecule has 0 aliphatic rings. The van der Waals surface area contributed by atoms with Gasteiger partial charge in [0.1, 0.15) is 5.69 Å². The van der Waals surface area contributed by atoms with Gasteiger partial charge in [0, 0.05) is 18.8 Å². The van der Waals surface area contributed by atoms with Crippen LogP contribution in [0.15, 0.2) is 29.2 Å². The molecule has 0 saturated carbocycles. The van der Waals surface area contributed by atoms with E-state index < -0.39 is 0 Å². The normalized spacial score (nSPS) is 10.6. The standard InChI is InChI=1S/C14H18N4O/c1-3-10-6-5-7-16-13(10)14-17-11(9-15-4-2)8-12(19)18-14/h5-8,15H,3-4,9H2,1-2H3,(H,17,18,19). The van der Waals surface area contributed by atoms with Crippen molar-refractivity contribution in [1.29, 1.82) is 0 Å². The molecule has 5 nitrogen and oxygen atoms in total. The molecule has 2 aromatic rings. The van der Waals surface area contributed by atoms with Crippen molar-refractivity contribution in [3.8, 4) is 11.5 Å². The minimum absolute atomic E-state index is 0.148. The summed E-state index contributed by atoms with van der Waals surface area (Å²) in [6, 6.07) is 5.41. The molecule has 19 heavy (non-hydrogen) atoms. The molecule has 0 saturated heterocycles. The Morgan fingerprint density at radius 2 is 2.21 bits per heavy atom. The summed E-state index contributed by atoms with van der Waals surface area (Å²) in [5.74, 6) is 0.540. The van der Waals surface area contributed by atoms with Gasteiger partial charge in [-0.25, -0.2) is 4.98 Å². The zero-order valence-corrected chi connectivity index (χ0v) is 11.2. The zero-order chi connectivity index (χ0) is 13.7. The van der Waals surface area contributed by atoms with Crippen LogP contribution >= 0.6 is 0 Å². The smallest absolute Gasteiger partial charge is 0.251 e. The largest absolute Gasteiger partial charge is 0.311 e. The van der Waals surface area contributed by atoms with Crippen LogP contribution in [0.5, 0.6) is 0 Å². The van der Waals surface area contributed by atoms with Crippen molar-refractivity contribution in [2.24, 2.45) is 0 Å². The summed E-state index contributed by atoms with van der Waals surface area (Å²) in [5.41, 5.74) is 2.41. The fraction of sp³-hybridized carbons (Fsp3) is 0.357. The summed E-state index contributed by atoms with van der Waals surface area (Å²) in [5, 5.41) is 3.16. The van der Waals surface area contributed by atoms with Gasteiger partial charge >= 0.3 is 0 Å². The molecular formula is C14H18N4O. The zero-order valence-electron chi connectivity index (χ0n) is 11.2. The minimum atomic E-state index is -0.148. The van der Waals surface area contributed by atoms with Crippen LogP contribution in [0.1, 0.15) is 25.1 Å². The molecule has 0 aliphatic heterocycles. The predicted octanol–water partition coefficient (Wildman–Crippen LogP) is 1.50. The van der Waals surface area contributed by atoms with E-state index >= 15 is 0 Å². The first-order valence-electron chi connectivity index (χ1n) is 6.49. The maximum atomic E-state index is 11.7. The summed E-state index contributed by atoms with van der Waals surface area (Å²) < 4.78 is 0. The Hall–Kier alpha value is -2.01. The topological polar surface area (TPSA) is 70.7 Å². The van der Waals surface area contributed by atoms with Crippen LogP contribution in [0.2, 0.25) is 0 Å². The molecule has 100 valence electrons. The molecule has 0 atom stereocenters. The second-order valence-corrected chi connectivity index (χ2v) is 4.23. The molecular weight excluding hydrogens is 240 g/mol. The van der Waals surface area contributed by atoms with Gasteiger partial charge in [-0.2, -0.15) is 0 Å². The van der Waals surface area contributed by atoms with Gasteiger partial charge in [-0.1, -0.05) is 19.9 Å². The fourth-order valence-corrected chi connectivity index (χ4v) is 1.90. The molecule has 5 heteroatoms. The van der Waals surface area contributed by atoms with Gasteiger partial charge < -0.3 is 10.3 Å². The number of aromatic nitrogens is 3. The molecule has 0 radical (unpaired) electrons. The Labute approximate surface area is 112 Å². The van der Waals surface area contributed by atoms with Crippen molar-refractivity contribution in [1.82, 2.24) is 20.3 Å². The average Bonchev–Trinajstić information content (AvgIpc) is 2.44. The molecule has 0 aromatic carbocycles. The monoisotopic (exact) mass is 258 g/mol. The van der Waals surface area contributed by atoms with Gasteiger partial charge in [-0.05, 0) is 24.6 Å². The summed E-state index contributed by atoms with van der Waals surface area (Å²) in [6.07, 6.45) is 2.57. The van der Waals surface area contributed by atoms with E-state index in [0.29, 0.717) is 12.4 Å². The van der Waals surface area contributed by atoms with E-state index in [4.69, 9.17) is 0 Å². The number of nitrogens with zero attached hydrogens (tertiary/aromatic N) is 2. The van der Waals surface area contributed by atoms with Crippen LogP contribution in [0.3, 0.4) is 0 Å². The Morgan fingerprint density at radius 3 is 2.95 bits per heavy atom. The Morgan fingerprint density at radius 1 is 1.37 bits per heavy atom. The van der Waals surface area contributed by atoms with Crippen LogP contribution in [-0.2, 0) is 13.0 Å². The highest BCUT2D eigenvalue weighted by Gasteiger charge is 2.09. The van der Waals surface area contributed by atoms with E-state index in [2.05, 4.69) is 27.2 Å². The number of H-pyrrole nitrogens is 1. The van der Waals surface area contributed by atoms with Gasteiger partial charge in [0.05, 0.1) is 5.69 Å². The van der Waals surface area contributed by atoms with Crippen molar-refractivity contribution in [3.63, 3.8) is 0 Å². The minimum Gasteiger partial charge on any atom is -0.311 e. The van der Waals surface area contributed by atoms with Crippen LogP contribution in [0.25, 0.3) is 11.5 Å². The molecule has 0 spiro atoms. The molecule has 0 fully saturated rings. The maximum Gasteiger partial charge on any atom is 0.251 e. The third kappa shape index (κ3) is 3.26. The predicted molar refractivity (Wildman–Crippen MR) is 74.8 cm³/mol. The number of rotatable bonds is 5. The van der Waals surface area contributed by atoms with Crippen molar-refractivity contribution >= 4 is 0 Å². The van der Waals surface area contributed by atoms with E-state index in [1.54, 1.807) is 6.20 Å². The maximum absolute atomic E-state index is 11.7. The molecule has 2 N–H and O–H groups in total. The first-order valence-corrected chi connectivity index (χ1v) is 6.49. The van der Waals surface area contributed by atoms with Gasteiger partial charge in [0.15, 0.2) is 5.82 Å². The number of aromatic amines is 1. The van der Waals surface area contributed by atoms with Gasteiger partial charge in [0.25, 0.3) is 5.56 Å². The van der Waals surface area contributed by atoms with E-state index in [1.807, 2.05) is 19.1 Å². The number of nitrogens with one attached hydrogen (secondary N) is 2. The van der Waals surface area contributed by atoms with Crippen molar-refractivity contribution in [3.05, 3.63) is 46.0 Å². The average molecular weight is 258 g/mol. The Bertz CT molecular complexity index is 606. The molecule has 0 amide bonds. The van der Waals surface area contributed by atoms with E-state index in [-0.39, 0.29) is 5.56 Å². The summed E-state index contributed by atoms with van der Waals surface area (Å²) >= 11 is 0. The van der Waals surface area contributed by atoms with Gasteiger partial charge in [0.2, 0.25) is 0 Å². The molecule has 0 unspecified atom stereocenters. The Balaban J connectivity index is 2.44. The number of pyridine rings is 1. The van der Waals surface area contributed by atoms with E-state index in [9.17, 15) is 4.79 Å². The molecule has 2 heterocycles. The summed E-state index contributed by atoms with van der Waals surface area (Å²) in [4.78, 5) is 23.3. The Kier molecular flexibility index (Phi) is 4.41. The third-order valence-electron chi connectivity index (χ3n) is 2.85. The van der Waals surface area contributed by atoms with E-state index in [0.717, 1.165) is 29.9 Å². The van der Waals surface area contributed by atoms with Crippen LogP contribution in [-0.4, -0.2) is 21.5 Å². The lowest BCUT2D eigenvalue weighted by atomic mass is 10.1. The van der Waals surface area contributed by atoms with Crippen LogP contribution < -0.4 is 10.9 Å². The lowest BCUT2D eigenvalue weighted by Gasteiger charge is -2.07. The fourth-order valence-electron chi connectivity index (χ4n) is 1.90.